The minimum absolute atomic E-state index is 0.0163. The molecule has 23 heavy (non-hydrogen) atoms. The van der Waals surface area contributed by atoms with Gasteiger partial charge in [0.25, 0.3) is 0 Å². The van der Waals surface area contributed by atoms with E-state index in [0.717, 1.165) is 29.3 Å². The van der Waals surface area contributed by atoms with Gasteiger partial charge in [0.2, 0.25) is 5.91 Å². The van der Waals surface area contributed by atoms with Crippen molar-refractivity contribution in [1.82, 2.24) is 5.32 Å². The molecule has 0 radical (unpaired) electrons. The van der Waals surface area contributed by atoms with Gasteiger partial charge in [-0.3, -0.25) is 9.00 Å². The van der Waals surface area contributed by atoms with E-state index < -0.39 is 28.3 Å². The molecule has 0 aliphatic rings. The first kappa shape index (κ1) is 17.3. The Morgan fingerprint density at radius 3 is 2.35 bits per heavy atom. The summed E-state index contributed by atoms with van der Waals surface area (Å²) in [6.45, 7) is 3.76. The van der Waals surface area contributed by atoms with E-state index in [9.17, 15) is 17.8 Å². The molecule has 1 N–H and O–H groups in total. The topological polar surface area (TPSA) is 46.2 Å². The van der Waals surface area contributed by atoms with Crippen LogP contribution in [-0.4, -0.2) is 15.9 Å². The number of amides is 1. The van der Waals surface area contributed by atoms with Crippen LogP contribution in [0.15, 0.2) is 41.3 Å². The van der Waals surface area contributed by atoms with Crippen LogP contribution in [0.25, 0.3) is 0 Å². The molecule has 0 unspecified atom stereocenters. The zero-order valence-electron chi connectivity index (χ0n) is 12.9. The smallest absolute Gasteiger partial charge is 0.233 e. The molecule has 0 saturated heterocycles. The highest BCUT2D eigenvalue weighted by Gasteiger charge is 2.12. The van der Waals surface area contributed by atoms with Gasteiger partial charge in [-0.25, -0.2) is 8.78 Å². The molecule has 1 atom stereocenters. The van der Waals surface area contributed by atoms with Crippen molar-refractivity contribution in [3.05, 3.63) is 64.7 Å². The predicted molar refractivity (Wildman–Crippen MR) is 85.4 cm³/mol. The molecule has 0 aromatic heterocycles. The number of hydrogen-bond donors (Lipinski definition) is 1. The number of aryl methyl sites for hydroxylation is 2. The summed E-state index contributed by atoms with van der Waals surface area (Å²) in [5.41, 5.74) is 2.23. The van der Waals surface area contributed by atoms with E-state index in [-0.39, 0.29) is 12.3 Å². The van der Waals surface area contributed by atoms with Crippen LogP contribution in [0.3, 0.4) is 0 Å². The number of nitrogens with one attached hydrogen (secondary N) is 1. The average molecular weight is 337 g/mol. The Labute approximate surface area is 136 Å². The fourth-order valence-corrected chi connectivity index (χ4v) is 3.35. The van der Waals surface area contributed by atoms with Crippen LogP contribution in [0.1, 0.15) is 16.7 Å². The van der Waals surface area contributed by atoms with E-state index in [1.807, 2.05) is 26.0 Å². The van der Waals surface area contributed by atoms with Crippen LogP contribution < -0.4 is 5.32 Å². The fraction of sp³-hybridized carbons (Fsp3) is 0.235. The van der Waals surface area contributed by atoms with Crippen LogP contribution >= 0.6 is 0 Å². The molecule has 0 aliphatic carbocycles. The molecule has 0 spiro atoms. The molecule has 122 valence electrons. The van der Waals surface area contributed by atoms with Crippen LogP contribution in [0.4, 0.5) is 8.78 Å². The van der Waals surface area contributed by atoms with Crippen LogP contribution in [0.2, 0.25) is 0 Å². The van der Waals surface area contributed by atoms with Gasteiger partial charge in [0, 0.05) is 17.5 Å². The Bertz CT molecular complexity index is 742. The van der Waals surface area contributed by atoms with Gasteiger partial charge in [0.05, 0.1) is 10.8 Å². The van der Waals surface area contributed by atoms with Crippen molar-refractivity contribution in [2.24, 2.45) is 0 Å². The Hall–Kier alpha value is -2.08. The summed E-state index contributed by atoms with van der Waals surface area (Å²) in [5.74, 6) is -2.03. The van der Waals surface area contributed by atoms with Crippen molar-refractivity contribution in [1.29, 1.82) is 0 Å². The summed E-state index contributed by atoms with van der Waals surface area (Å²) in [6, 6.07) is 8.54. The summed E-state index contributed by atoms with van der Waals surface area (Å²) >= 11 is 0. The predicted octanol–water partition coefficient (Wildman–Crippen LogP) is 3.01. The Morgan fingerprint density at radius 1 is 1.09 bits per heavy atom. The maximum Gasteiger partial charge on any atom is 0.233 e. The van der Waals surface area contributed by atoms with E-state index in [2.05, 4.69) is 5.32 Å². The second-order valence-corrected chi connectivity index (χ2v) is 6.73. The van der Waals surface area contributed by atoms with Crippen LogP contribution in [-0.2, 0) is 22.1 Å². The number of hydrogen-bond acceptors (Lipinski definition) is 2. The molecular weight excluding hydrogens is 320 g/mol. The summed E-state index contributed by atoms with van der Waals surface area (Å²) in [4.78, 5) is 12.5. The van der Waals surface area contributed by atoms with Crippen molar-refractivity contribution < 1.29 is 17.8 Å². The van der Waals surface area contributed by atoms with Crippen molar-refractivity contribution in [2.45, 2.75) is 25.3 Å². The summed E-state index contributed by atoms with van der Waals surface area (Å²) in [5, 5.41) is 2.52. The van der Waals surface area contributed by atoms with Crippen LogP contribution in [0.5, 0.6) is 0 Å². The van der Waals surface area contributed by atoms with Gasteiger partial charge in [0.15, 0.2) is 0 Å². The molecule has 0 bridgehead atoms. The molecule has 0 saturated carbocycles. The van der Waals surface area contributed by atoms with Gasteiger partial charge in [-0.05, 0) is 43.2 Å². The molecule has 0 fully saturated rings. The molecular formula is C17H17F2NO2S. The van der Waals surface area contributed by atoms with Gasteiger partial charge in [0.1, 0.15) is 17.4 Å². The lowest BCUT2D eigenvalue weighted by molar-refractivity contribution is -0.118. The highest BCUT2D eigenvalue weighted by Crippen LogP contribution is 2.15. The third kappa shape index (κ3) is 4.96. The maximum atomic E-state index is 13.1. The summed E-state index contributed by atoms with van der Waals surface area (Å²) in [7, 11) is -1.46. The number of carbonyl (C=O) groups is 1. The molecule has 1 amide bonds. The Balaban J connectivity index is 1.95. The van der Waals surface area contributed by atoms with Gasteiger partial charge < -0.3 is 5.32 Å². The second kappa shape index (κ2) is 7.46. The Kier molecular flexibility index (Phi) is 5.60. The highest BCUT2D eigenvalue weighted by atomic mass is 32.2. The number of halogens is 2. The molecule has 2 aromatic rings. The van der Waals surface area contributed by atoms with Gasteiger partial charge in [-0.1, -0.05) is 17.7 Å². The first-order valence-electron chi connectivity index (χ1n) is 7.02. The molecule has 6 heteroatoms. The van der Waals surface area contributed by atoms with Crippen LogP contribution in [0, 0.1) is 25.5 Å². The third-order valence-electron chi connectivity index (χ3n) is 3.25. The SMILES string of the molecule is Cc1ccc([S@@](=O)CC(=O)NCc2cc(F)cc(F)c2)c(C)c1. The lowest BCUT2D eigenvalue weighted by Crippen LogP contribution is -2.28. The lowest BCUT2D eigenvalue weighted by Gasteiger charge is -2.08. The normalized spacial score (nSPS) is 12.0. The summed E-state index contributed by atoms with van der Waals surface area (Å²) < 4.78 is 38.4. The van der Waals surface area contributed by atoms with Crippen molar-refractivity contribution >= 4 is 16.7 Å². The minimum Gasteiger partial charge on any atom is -0.351 e. The first-order valence-corrected chi connectivity index (χ1v) is 8.34. The van der Waals surface area contributed by atoms with Crippen molar-refractivity contribution in [2.75, 3.05) is 5.75 Å². The molecule has 0 aliphatic heterocycles. The number of carbonyl (C=O) groups excluding carboxylic acids is 1. The van der Waals surface area contributed by atoms with E-state index >= 15 is 0 Å². The maximum absolute atomic E-state index is 13.1. The number of benzene rings is 2. The first-order chi connectivity index (χ1) is 10.8. The monoisotopic (exact) mass is 337 g/mol. The molecule has 3 nitrogen and oxygen atoms in total. The van der Waals surface area contributed by atoms with E-state index in [4.69, 9.17) is 0 Å². The molecule has 2 aromatic carbocycles. The summed E-state index contributed by atoms with van der Waals surface area (Å²) in [6.07, 6.45) is 0. The van der Waals surface area contributed by atoms with Crippen molar-refractivity contribution in [3.8, 4) is 0 Å². The largest absolute Gasteiger partial charge is 0.351 e. The standard InChI is InChI=1S/C17H17F2NO2S/c1-11-3-4-16(12(2)5-11)23(22)10-17(21)20-9-13-6-14(18)8-15(19)7-13/h3-8H,9-10H2,1-2H3,(H,20,21)/t23-/m0/s1. The van der Waals surface area contributed by atoms with Crippen molar-refractivity contribution in [3.63, 3.8) is 0 Å². The quantitative estimate of drug-likeness (QED) is 0.912. The zero-order valence-corrected chi connectivity index (χ0v) is 13.7. The van der Waals surface area contributed by atoms with Gasteiger partial charge in [-0.15, -0.1) is 0 Å². The van der Waals surface area contributed by atoms with Gasteiger partial charge >= 0.3 is 0 Å². The fourth-order valence-electron chi connectivity index (χ4n) is 2.22. The third-order valence-corrected chi connectivity index (χ3v) is 4.72. The highest BCUT2D eigenvalue weighted by molar-refractivity contribution is 7.85. The Morgan fingerprint density at radius 2 is 1.74 bits per heavy atom. The zero-order chi connectivity index (χ0) is 17.0. The van der Waals surface area contributed by atoms with E-state index in [1.54, 1.807) is 6.07 Å². The molecule has 0 heterocycles. The minimum atomic E-state index is -1.46. The average Bonchev–Trinajstić information content (AvgIpc) is 2.44. The lowest BCUT2D eigenvalue weighted by atomic mass is 10.2. The van der Waals surface area contributed by atoms with Gasteiger partial charge in [-0.2, -0.15) is 0 Å². The second-order valence-electron chi connectivity index (χ2n) is 5.31. The molecule has 2 rings (SSSR count). The van der Waals surface area contributed by atoms with E-state index in [0.29, 0.717) is 10.5 Å². The van der Waals surface area contributed by atoms with E-state index in [1.165, 1.54) is 0 Å². The number of rotatable bonds is 5.